The van der Waals surface area contributed by atoms with Crippen molar-refractivity contribution in [2.24, 2.45) is 0 Å². The maximum atomic E-state index is 12.8. The highest BCUT2D eigenvalue weighted by molar-refractivity contribution is 5.85. The van der Waals surface area contributed by atoms with Crippen LogP contribution in [0, 0.1) is 0 Å². The zero-order valence-corrected chi connectivity index (χ0v) is 20.7. The first-order valence-electron chi connectivity index (χ1n) is 11.8. The Balaban J connectivity index is 0.00000289. The van der Waals surface area contributed by atoms with Gasteiger partial charge in [-0.1, -0.05) is 30.3 Å². The second-order valence-corrected chi connectivity index (χ2v) is 8.74. The summed E-state index contributed by atoms with van der Waals surface area (Å²) in [6, 6.07) is 19.8. The fourth-order valence-electron chi connectivity index (χ4n) is 4.70. The topological polar surface area (TPSA) is 61.5 Å². The van der Waals surface area contributed by atoms with Gasteiger partial charge in [-0.3, -0.25) is 18.9 Å². The number of halogens is 1. The maximum Gasteiger partial charge on any atom is 0.258 e. The third-order valence-corrected chi connectivity index (χ3v) is 6.50. The Kier molecular flexibility index (Phi) is 8.23. The van der Waals surface area contributed by atoms with E-state index in [9.17, 15) is 4.79 Å². The van der Waals surface area contributed by atoms with Gasteiger partial charge in [0.25, 0.3) is 5.56 Å². The highest BCUT2D eigenvalue weighted by Gasteiger charge is 2.24. The third-order valence-electron chi connectivity index (χ3n) is 6.50. The number of benzene rings is 2. The Morgan fingerprint density at radius 1 is 1.06 bits per heavy atom. The molecular formula is C27H31ClN4O3. The third kappa shape index (κ3) is 5.75. The molecule has 2 aromatic carbocycles. The van der Waals surface area contributed by atoms with Crippen LogP contribution in [0.3, 0.4) is 0 Å². The van der Waals surface area contributed by atoms with Gasteiger partial charge in [-0.25, -0.2) is 0 Å². The minimum atomic E-state index is -0.129. The number of hydrogen-bond acceptors (Lipinski definition) is 5. The maximum absolute atomic E-state index is 12.8. The zero-order chi connectivity index (χ0) is 23.3. The predicted octanol–water partition coefficient (Wildman–Crippen LogP) is 4.30. The van der Waals surface area contributed by atoms with Gasteiger partial charge in [-0.05, 0) is 49.2 Å². The van der Waals surface area contributed by atoms with E-state index in [1.165, 1.54) is 18.9 Å². The molecule has 0 spiro atoms. The molecule has 8 heteroatoms. The molecule has 3 heterocycles. The monoisotopic (exact) mass is 494 g/mol. The van der Waals surface area contributed by atoms with Crippen LogP contribution in [0.15, 0.2) is 77.9 Å². The molecule has 184 valence electrons. The fraction of sp³-hybridized carbons (Fsp3) is 0.333. The molecule has 35 heavy (non-hydrogen) atoms. The van der Waals surface area contributed by atoms with Crippen molar-refractivity contribution in [3.63, 3.8) is 0 Å². The number of methoxy groups -OCH3 is 1. The van der Waals surface area contributed by atoms with Gasteiger partial charge in [-0.2, -0.15) is 5.10 Å². The number of fused-ring (bicyclic) bond motifs is 1. The van der Waals surface area contributed by atoms with E-state index in [4.69, 9.17) is 9.47 Å². The van der Waals surface area contributed by atoms with Crippen molar-refractivity contribution < 1.29 is 9.47 Å². The molecule has 2 aromatic heterocycles. The smallest absolute Gasteiger partial charge is 0.258 e. The van der Waals surface area contributed by atoms with Gasteiger partial charge in [0.15, 0.2) is 0 Å². The van der Waals surface area contributed by atoms with Crippen LogP contribution in [0.1, 0.15) is 18.4 Å². The van der Waals surface area contributed by atoms with E-state index in [1.54, 1.807) is 17.9 Å². The van der Waals surface area contributed by atoms with Crippen LogP contribution in [0.4, 0.5) is 0 Å². The predicted molar refractivity (Wildman–Crippen MR) is 140 cm³/mol. The van der Waals surface area contributed by atoms with Crippen LogP contribution in [0.5, 0.6) is 5.75 Å². The van der Waals surface area contributed by atoms with Gasteiger partial charge in [-0.15, -0.1) is 12.4 Å². The summed E-state index contributed by atoms with van der Waals surface area (Å²) in [5.74, 6) is 0.563. The first kappa shape index (κ1) is 25.0. The standard InChI is InChI=1S/C27H30N4O3.ClH/c1-33-20-24-8-5-12-29(24)14-15-31-26-10-9-23(16-22(26)18-28-31)30-13-11-25(17-27(30)32)34-19-21-6-3-2-4-7-21;/h2-4,6-7,9-11,13,16-18,24H,5,8,12,14-15,19-20H2,1H3;1H/t24-;/m1./s1. The Bertz CT molecular complexity index is 1300. The van der Waals surface area contributed by atoms with Crippen molar-refractivity contribution in [2.75, 3.05) is 26.8 Å². The lowest BCUT2D eigenvalue weighted by molar-refractivity contribution is 0.113. The molecule has 0 N–H and O–H groups in total. The minimum absolute atomic E-state index is 0. The van der Waals surface area contributed by atoms with Crippen LogP contribution < -0.4 is 10.3 Å². The van der Waals surface area contributed by atoms with E-state index >= 15 is 0 Å². The van der Waals surface area contributed by atoms with Crippen LogP contribution in [-0.2, 0) is 17.9 Å². The number of aromatic nitrogens is 3. The largest absolute Gasteiger partial charge is 0.489 e. The van der Waals surface area contributed by atoms with Crippen LogP contribution >= 0.6 is 12.4 Å². The number of hydrogen-bond donors (Lipinski definition) is 0. The Labute approximate surface area is 211 Å². The second kappa shape index (κ2) is 11.5. The molecule has 0 radical (unpaired) electrons. The highest BCUT2D eigenvalue weighted by Crippen LogP contribution is 2.21. The number of ether oxygens (including phenoxy) is 2. The first-order valence-corrected chi connectivity index (χ1v) is 11.8. The molecule has 0 aliphatic carbocycles. The van der Waals surface area contributed by atoms with Crippen molar-refractivity contribution in [1.82, 2.24) is 19.2 Å². The van der Waals surface area contributed by atoms with Gasteiger partial charge < -0.3 is 9.47 Å². The number of rotatable bonds is 9. The van der Waals surface area contributed by atoms with E-state index in [2.05, 4.69) is 10.00 Å². The van der Waals surface area contributed by atoms with Gasteiger partial charge in [0.2, 0.25) is 0 Å². The normalized spacial score (nSPS) is 15.9. The molecule has 0 amide bonds. The van der Waals surface area contributed by atoms with Crippen molar-refractivity contribution in [2.45, 2.75) is 32.0 Å². The van der Waals surface area contributed by atoms with Crippen molar-refractivity contribution in [1.29, 1.82) is 0 Å². The molecule has 0 bridgehead atoms. The van der Waals surface area contributed by atoms with E-state index < -0.39 is 0 Å². The lowest BCUT2D eigenvalue weighted by Gasteiger charge is -2.23. The average molecular weight is 495 g/mol. The summed E-state index contributed by atoms with van der Waals surface area (Å²) in [6.45, 7) is 4.12. The van der Waals surface area contributed by atoms with Gasteiger partial charge in [0.05, 0.1) is 24.9 Å². The number of pyridine rings is 1. The Morgan fingerprint density at radius 2 is 1.91 bits per heavy atom. The number of likely N-dealkylation sites (tertiary alicyclic amines) is 1. The summed E-state index contributed by atoms with van der Waals surface area (Å²) in [6.07, 6.45) is 6.05. The molecule has 1 aliphatic rings. The molecule has 0 unspecified atom stereocenters. The van der Waals surface area contributed by atoms with E-state index in [0.29, 0.717) is 18.4 Å². The van der Waals surface area contributed by atoms with E-state index in [-0.39, 0.29) is 18.0 Å². The molecule has 5 rings (SSSR count). The average Bonchev–Trinajstić information content (AvgIpc) is 3.48. The van der Waals surface area contributed by atoms with Crippen LogP contribution in [0.2, 0.25) is 0 Å². The van der Waals surface area contributed by atoms with Crippen molar-refractivity contribution >= 4 is 23.3 Å². The summed E-state index contributed by atoms with van der Waals surface area (Å²) in [5.41, 5.74) is 2.82. The molecule has 0 saturated carbocycles. The second-order valence-electron chi connectivity index (χ2n) is 8.74. The van der Waals surface area contributed by atoms with Crippen LogP contribution in [0.25, 0.3) is 16.6 Å². The molecule has 1 fully saturated rings. The molecule has 1 atom stereocenters. The summed E-state index contributed by atoms with van der Waals surface area (Å²) in [4.78, 5) is 15.3. The highest BCUT2D eigenvalue weighted by atomic mass is 35.5. The molecule has 1 aliphatic heterocycles. The Hall–Kier alpha value is -3.13. The molecular weight excluding hydrogens is 464 g/mol. The quantitative estimate of drug-likeness (QED) is 0.347. The van der Waals surface area contributed by atoms with Gasteiger partial charge in [0.1, 0.15) is 12.4 Å². The lowest BCUT2D eigenvalue weighted by atomic mass is 10.2. The Morgan fingerprint density at radius 3 is 2.71 bits per heavy atom. The lowest BCUT2D eigenvalue weighted by Crippen LogP contribution is -2.35. The molecule has 1 saturated heterocycles. The summed E-state index contributed by atoms with van der Waals surface area (Å²) in [7, 11) is 1.77. The van der Waals surface area contributed by atoms with Gasteiger partial charge >= 0.3 is 0 Å². The van der Waals surface area contributed by atoms with E-state index in [0.717, 1.165) is 48.4 Å². The summed E-state index contributed by atoms with van der Waals surface area (Å²) in [5, 5.41) is 5.62. The van der Waals surface area contributed by atoms with Crippen LogP contribution in [-0.4, -0.2) is 52.1 Å². The van der Waals surface area contributed by atoms with Crippen molar-refractivity contribution in [3.8, 4) is 11.4 Å². The molecule has 7 nitrogen and oxygen atoms in total. The van der Waals surface area contributed by atoms with E-state index in [1.807, 2.05) is 65.5 Å². The SMILES string of the molecule is COC[C@H]1CCCN1CCn1ncc2cc(-n3ccc(OCc4ccccc4)cc3=O)ccc21.Cl. The fourth-order valence-corrected chi connectivity index (χ4v) is 4.70. The minimum Gasteiger partial charge on any atom is -0.489 e. The van der Waals surface area contributed by atoms with Crippen molar-refractivity contribution in [3.05, 3.63) is 89.0 Å². The number of nitrogens with zero attached hydrogens (tertiary/aromatic N) is 4. The summed E-state index contributed by atoms with van der Waals surface area (Å²) >= 11 is 0. The summed E-state index contributed by atoms with van der Waals surface area (Å²) < 4.78 is 14.8. The molecule has 4 aromatic rings. The first-order chi connectivity index (χ1) is 16.7. The zero-order valence-electron chi connectivity index (χ0n) is 19.9. The van der Waals surface area contributed by atoms with Gasteiger partial charge in [0, 0.05) is 43.0 Å².